The number of hydrogen-bond acceptors (Lipinski definition) is 2. The fourth-order valence-electron chi connectivity index (χ4n) is 1.40. The number of hydrogen-bond donors (Lipinski definition) is 0. The van der Waals surface area contributed by atoms with E-state index in [0.717, 1.165) is 11.4 Å². The number of anilines is 2. The van der Waals surface area contributed by atoms with Gasteiger partial charge in [0.2, 0.25) is 0 Å². The third kappa shape index (κ3) is 2.41. The Morgan fingerprint density at radius 3 is 1.47 bits per heavy atom. The molecule has 2 rings (SSSR count). The molecule has 0 aliphatic heterocycles. The molecule has 0 aliphatic rings. The Labute approximate surface area is 101 Å². The van der Waals surface area contributed by atoms with E-state index < -0.39 is 0 Å². The third-order valence-electron chi connectivity index (χ3n) is 2.10. The first-order chi connectivity index (χ1) is 7.42. The molecule has 70 valence electrons. The predicted octanol–water partition coefficient (Wildman–Crippen LogP) is 3.47. The summed E-state index contributed by atoms with van der Waals surface area (Å²) in [5.41, 5.74) is 2.15. The molecule has 0 spiro atoms. The standard InChI is InChI=1S/C12H10N2.Ti/c13-14(11-7-3-1-4-8-11)12-9-5-2-6-10-12;/h1-10H;/q;+2. The van der Waals surface area contributed by atoms with E-state index in [-0.39, 0.29) is 0 Å². The van der Waals surface area contributed by atoms with Gasteiger partial charge in [0, 0.05) is 0 Å². The number of nitrogens with zero attached hydrogens (tertiary/aromatic N) is 2. The van der Waals surface area contributed by atoms with Crippen LogP contribution in [0.1, 0.15) is 0 Å². The van der Waals surface area contributed by atoms with Gasteiger partial charge in [0.1, 0.15) is 0 Å². The Hall–Kier alpha value is -1.25. The maximum atomic E-state index is 4.26. The molecule has 0 bridgehead atoms. The summed E-state index contributed by atoms with van der Waals surface area (Å²) < 4.78 is 4.26. The molecular weight excluding hydrogens is 220 g/mol. The van der Waals surface area contributed by atoms with Crippen molar-refractivity contribution in [2.45, 2.75) is 0 Å². The Balaban J connectivity index is 2.38. The quantitative estimate of drug-likeness (QED) is 0.582. The zero-order valence-electron chi connectivity index (χ0n) is 8.17. The van der Waals surface area contributed by atoms with Crippen molar-refractivity contribution in [1.29, 1.82) is 0 Å². The summed E-state index contributed by atoms with van der Waals surface area (Å²) in [6.45, 7) is 0. The Bertz CT molecular complexity index is 388. The van der Waals surface area contributed by atoms with Gasteiger partial charge in [0.15, 0.2) is 0 Å². The molecule has 0 fully saturated rings. The van der Waals surface area contributed by atoms with Crippen molar-refractivity contribution in [3.63, 3.8) is 0 Å². The molecule has 0 aromatic heterocycles. The predicted molar refractivity (Wildman–Crippen MR) is 57.5 cm³/mol. The molecule has 0 heterocycles. The first-order valence-corrected chi connectivity index (χ1v) is 5.39. The van der Waals surface area contributed by atoms with Crippen molar-refractivity contribution in [3.05, 3.63) is 60.7 Å². The monoisotopic (exact) mass is 230 g/mol. The third-order valence-corrected chi connectivity index (χ3v) is 2.41. The van der Waals surface area contributed by atoms with Crippen LogP contribution < -0.4 is 5.01 Å². The second-order valence-corrected chi connectivity index (χ2v) is 3.40. The van der Waals surface area contributed by atoms with Gasteiger partial charge in [-0.15, -0.1) is 0 Å². The molecule has 0 radical (unpaired) electrons. The average Bonchev–Trinajstić information content (AvgIpc) is 2.33. The summed E-state index contributed by atoms with van der Waals surface area (Å²) in [4.78, 5) is 0. The van der Waals surface area contributed by atoms with Crippen LogP contribution in [-0.4, -0.2) is 0 Å². The fraction of sp³-hybridized carbons (Fsp3) is 0. The molecule has 2 nitrogen and oxygen atoms in total. The summed E-state index contributed by atoms with van der Waals surface area (Å²) in [5.74, 6) is 0. The van der Waals surface area contributed by atoms with Crippen LogP contribution in [0.15, 0.2) is 64.2 Å². The second-order valence-electron chi connectivity index (χ2n) is 3.08. The van der Waals surface area contributed by atoms with Crippen LogP contribution in [0.2, 0.25) is 0 Å². The van der Waals surface area contributed by atoms with Gasteiger partial charge in [0.25, 0.3) is 0 Å². The van der Waals surface area contributed by atoms with Crippen LogP contribution in [-0.2, 0) is 20.3 Å². The van der Waals surface area contributed by atoms with Gasteiger partial charge in [-0.3, -0.25) is 0 Å². The van der Waals surface area contributed by atoms with Gasteiger partial charge in [-0.05, 0) is 0 Å². The van der Waals surface area contributed by atoms with E-state index in [0.29, 0.717) is 0 Å². The van der Waals surface area contributed by atoms with Crippen molar-refractivity contribution >= 4 is 11.4 Å². The minimum atomic E-state index is 1.08. The molecule has 0 atom stereocenters. The van der Waals surface area contributed by atoms with Gasteiger partial charge >= 0.3 is 101 Å². The summed E-state index contributed by atoms with van der Waals surface area (Å²) in [5, 5.41) is 1.92. The Morgan fingerprint density at radius 1 is 0.733 bits per heavy atom. The van der Waals surface area contributed by atoms with E-state index in [9.17, 15) is 0 Å². The van der Waals surface area contributed by atoms with Crippen molar-refractivity contribution < 1.29 is 20.3 Å². The van der Waals surface area contributed by atoms with Crippen LogP contribution >= 0.6 is 0 Å². The summed E-state index contributed by atoms with van der Waals surface area (Å²) in [6.07, 6.45) is 0. The van der Waals surface area contributed by atoms with Gasteiger partial charge in [-0.1, -0.05) is 0 Å². The number of benzene rings is 2. The summed E-state index contributed by atoms with van der Waals surface area (Å²) in [6, 6.07) is 20.2. The van der Waals surface area contributed by atoms with Crippen LogP contribution in [0.5, 0.6) is 0 Å². The van der Waals surface area contributed by atoms with E-state index in [1.165, 1.54) is 0 Å². The van der Waals surface area contributed by atoms with E-state index in [2.05, 4.69) is 3.53 Å². The van der Waals surface area contributed by atoms with Crippen molar-refractivity contribution in [3.8, 4) is 0 Å². The Morgan fingerprint density at radius 2 is 1.13 bits per heavy atom. The van der Waals surface area contributed by atoms with Crippen molar-refractivity contribution in [2.75, 3.05) is 5.01 Å². The normalized spacial score (nSPS) is 9.73. The zero-order chi connectivity index (χ0) is 10.5. The first kappa shape index (κ1) is 10.3. The van der Waals surface area contributed by atoms with E-state index >= 15 is 0 Å². The van der Waals surface area contributed by atoms with E-state index in [4.69, 9.17) is 0 Å². The molecule has 0 N–H and O–H groups in total. The molecule has 0 unspecified atom stereocenters. The number of rotatable bonds is 3. The van der Waals surface area contributed by atoms with Gasteiger partial charge < -0.3 is 0 Å². The van der Waals surface area contributed by atoms with Crippen LogP contribution in [0.25, 0.3) is 0 Å². The zero-order valence-corrected chi connectivity index (χ0v) is 9.73. The topological polar surface area (TPSA) is 15.6 Å². The van der Waals surface area contributed by atoms with E-state index in [1.807, 2.05) is 65.7 Å². The van der Waals surface area contributed by atoms with Gasteiger partial charge in [0.05, 0.1) is 0 Å². The van der Waals surface area contributed by atoms with Crippen LogP contribution in [0.3, 0.4) is 0 Å². The maximum absolute atomic E-state index is 4.26. The summed E-state index contributed by atoms with van der Waals surface area (Å²) in [7, 11) is 0. The van der Waals surface area contributed by atoms with Gasteiger partial charge in [-0.2, -0.15) is 0 Å². The second kappa shape index (κ2) is 5.01. The Kier molecular flexibility index (Phi) is 3.43. The minimum absolute atomic E-state index is 1.08. The average molecular weight is 230 g/mol. The molecule has 0 amide bonds. The molecule has 2 aromatic rings. The van der Waals surface area contributed by atoms with Crippen LogP contribution in [0, 0.1) is 0 Å². The first-order valence-electron chi connectivity index (χ1n) is 4.69. The molecular formula is C12H10N2Ti+2. The van der Waals surface area contributed by atoms with Crippen molar-refractivity contribution in [1.82, 2.24) is 0 Å². The number of para-hydroxylation sites is 2. The molecule has 0 saturated heterocycles. The molecule has 0 aliphatic carbocycles. The fourth-order valence-corrected chi connectivity index (χ4v) is 1.76. The van der Waals surface area contributed by atoms with E-state index in [1.54, 1.807) is 20.3 Å². The molecule has 2 aromatic carbocycles. The van der Waals surface area contributed by atoms with Gasteiger partial charge in [-0.25, -0.2) is 0 Å². The molecule has 3 heteroatoms. The summed E-state index contributed by atoms with van der Waals surface area (Å²) >= 11 is 1.79. The van der Waals surface area contributed by atoms with Crippen molar-refractivity contribution in [2.24, 2.45) is 3.53 Å². The molecule has 15 heavy (non-hydrogen) atoms. The SMILES string of the molecule is [Ti+2]=[N]N(c1ccccc1)c1ccccc1. The van der Waals surface area contributed by atoms with Crippen LogP contribution in [0.4, 0.5) is 11.4 Å². The molecule has 0 saturated carbocycles.